The van der Waals surface area contributed by atoms with Crippen molar-refractivity contribution < 1.29 is 14.4 Å². The largest absolute Gasteiger partial charge is 0.325 e. The van der Waals surface area contributed by atoms with E-state index in [0.717, 1.165) is 5.56 Å². The minimum atomic E-state index is -1.27. The number of anilines is 1. The average Bonchev–Trinajstić information content (AvgIpc) is 2.58. The van der Waals surface area contributed by atoms with E-state index in [1.165, 1.54) is 12.1 Å². The van der Waals surface area contributed by atoms with E-state index >= 15 is 0 Å². The van der Waals surface area contributed by atoms with E-state index in [2.05, 4.69) is 5.32 Å². The second-order valence-electron chi connectivity index (χ2n) is 6.00. The molecule has 0 radical (unpaired) electrons. The molecular formula is C19H15Cl2NO3. The molecule has 3 rings (SSSR count). The minimum absolute atomic E-state index is 0.171. The average molecular weight is 376 g/mol. The minimum Gasteiger partial charge on any atom is -0.325 e. The van der Waals surface area contributed by atoms with Crippen LogP contribution in [0.15, 0.2) is 48.5 Å². The monoisotopic (exact) mass is 375 g/mol. The Balaban J connectivity index is 1.72. The molecule has 128 valence electrons. The number of hydrogen-bond donors (Lipinski definition) is 1. The van der Waals surface area contributed by atoms with Crippen LogP contribution in [0.25, 0.3) is 0 Å². The summed E-state index contributed by atoms with van der Waals surface area (Å²) < 4.78 is 0. The van der Waals surface area contributed by atoms with Crippen LogP contribution >= 0.6 is 23.2 Å². The van der Waals surface area contributed by atoms with Crippen molar-refractivity contribution in [1.29, 1.82) is 0 Å². The van der Waals surface area contributed by atoms with E-state index in [0.29, 0.717) is 10.7 Å². The fourth-order valence-electron chi connectivity index (χ4n) is 3.01. The van der Waals surface area contributed by atoms with Gasteiger partial charge < -0.3 is 5.32 Å². The maximum Gasteiger partial charge on any atom is 0.242 e. The Labute approximate surface area is 155 Å². The summed E-state index contributed by atoms with van der Waals surface area (Å²) in [5.74, 6) is -2.78. The van der Waals surface area contributed by atoms with E-state index in [-0.39, 0.29) is 35.3 Å². The fourth-order valence-corrected chi connectivity index (χ4v) is 3.31. The SMILES string of the molecule is O=C1CC(c2ccccc2)CC(=O)C1C(=O)Nc1ccc(Cl)c(Cl)c1. The molecule has 1 saturated carbocycles. The highest BCUT2D eigenvalue weighted by Gasteiger charge is 2.40. The third-order valence-corrected chi connectivity index (χ3v) is 5.00. The smallest absolute Gasteiger partial charge is 0.242 e. The topological polar surface area (TPSA) is 63.2 Å². The first-order chi connectivity index (χ1) is 12.0. The van der Waals surface area contributed by atoms with E-state index in [4.69, 9.17) is 23.2 Å². The lowest BCUT2D eigenvalue weighted by Gasteiger charge is -2.26. The van der Waals surface area contributed by atoms with E-state index in [1.807, 2.05) is 30.3 Å². The molecule has 2 aromatic rings. The molecule has 0 saturated heterocycles. The summed E-state index contributed by atoms with van der Waals surface area (Å²) in [6.07, 6.45) is 0.352. The summed E-state index contributed by atoms with van der Waals surface area (Å²) >= 11 is 11.7. The number of amides is 1. The predicted octanol–water partition coefficient (Wildman–Crippen LogP) is 4.26. The van der Waals surface area contributed by atoms with Crippen LogP contribution < -0.4 is 5.32 Å². The van der Waals surface area contributed by atoms with Crippen LogP contribution in [0.3, 0.4) is 0 Å². The van der Waals surface area contributed by atoms with Crippen molar-refractivity contribution in [3.05, 3.63) is 64.1 Å². The third-order valence-electron chi connectivity index (χ3n) is 4.26. The lowest BCUT2D eigenvalue weighted by atomic mass is 9.76. The number of hydrogen-bond acceptors (Lipinski definition) is 3. The zero-order valence-corrected chi connectivity index (χ0v) is 14.7. The highest BCUT2D eigenvalue weighted by Crippen LogP contribution is 2.32. The van der Waals surface area contributed by atoms with Crippen molar-refractivity contribution in [3.8, 4) is 0 Å². The van der Waals surface area contributed by atoms with Gasteiger partial charge in [-0.2, -0.15) is 0 Å². The van der Waals surface area contributed by atoms with Crippen LogP contribution in [-0.2, 0) is 14.4 Å². The maximum atomic E-state index is 12.4. The second kappa shape index (κ2) is 7.38. The highest BCUT2D eigenvalue weighted by molar-refractivity contribution is 6.42. The summed E-state index contributed by atoms with van der Waals surface area (Å²) in [6.45, 7) is 0. The van der Waals surface area contributed by atoms with Crippen molar-refractivity contribution in [2.45, 2.75) is 18.8 Å². The van der Waals surface area contributed by atoms with Crippen molar-refractivity contribution in [2.75, 3.05) is 5.32 Å². The van der Waals surface area contributed by atoms with Crippen molar-refractivity contribution in [3.63, 3.8) is 0 Å². The lowest BCUT2D eigenvalue weighted by Crippen LogP contribution is -2.40. The van der Waals surface area contributed by atoms with Gasteiger partial charge >= 0.3 is 0 Å². The fraction of sp³-hybridized carbons (Fsp3) is 0.211. The van der Waals surface area contributed by atoms with E-state index < -0.39 is 11.8 Å². The maximum absolute atomic E-state index is 12.4. The Bertz CT molecular complexity index is 818. The van der Waals surface area contributed by atoms with Gasteiger partial charge in [-0.25, -0.2) is 0 Å². The Morgan fingerprint density at radius 3 is 2.16 bits per heavy atom. The Morgan fingerprint density at radius 2 is 1.56 bits per heavy atom. The number of carbonyl (C=O) groups excluding carboxylic acids is 3. The highest BCUT2D eigenvalue weighted by atomic mass is 35.5. The molecule has 2 aromatic carbocycles. The van der Waals surface area contributed by atoms with Crippen molar-refractivity contribution in [1.82, 2.24) is 0 Å². The van der Waals surface area contributed by atoms with Gasteiger partial charge in [0.25, 0.3) is 0 Å². The second-order valence-corrected chi connectivity index (χ2v) is 6.81. The number of benzene rings is 2. The van der Waals surface area contributed by atoms with Gasteiger partial charge in [0.1, 0.15) is 0 Å². The number of ketones is 2. The van der Waals surface area contributed by atoms with Gasteiger partial charge in [0.2, 0.25) is 5.91 Å². The van der Waals surface area contributed by atoms with Crippen LogP contribution in [-0.4, -0.2) is 17.5 Å². The number of halogens is 2. The molecule has 1 fully saturated rings. The van der Waals surface area contributed by atoms with E-state index in [1.54, 1.807) is 6.07 Å². The molecule has 1 aliphatic carbocycles. The molecule has 0 aliphatic heterocycles. The first-order valence-corrected chi connectivity index (χ1v) is 8.57. The van der Waals surface area contributed by atoms with Gasteiger partial charge in [0.15, 0.2) is 17.5 Å². The molecule has 6 heteroatoms. The Morgan fingerprint density at radius 1 is 0.920 bits per heavy atom. The molecular weight excluding hydrogens is 361 g/mol. The van der Waals surface area contributed by atoms with Crippen LogP contribution in [0.1, 0.15) is 24.3 Å². The Hall–Kier alpha value is -2.17. The first kappa shape index (κ1) is 17.6. The van der Waals surface area contributed by atoms with Gasteiger partial charge in [0, 0.05) is 18.5 Å². The van der Waals surface area contributed by atoms with Crippen LogP contribution in [0.4, 0.5) is 5.69 Å². The molecule has 0 spiro atoms. The predicted molar refractivity (Wildman–Crippen MR) is 97.0 cm³/mol. The summed E-state index contributed by atoms with van der Waals surface area (Å²) in [6, 6.07) is 14.0. The van der Waals surface area contributed by atoms with Gasteiger partial charge in [-0.05, 0) is 29.7 Å². The summed E-state index contributed by atoms with van der Waals surface area (Å²) in [7, 11) is 0. The Kier molecular flexibility index (Phi) is 5.21. The summed E-state index contributed by atoms with van der Waals surface area (Å²) in [5, 5.41) is 3.21. The molecule has 0 atom stereocenters. The normalized spacial score (nSPS) is 20.4. The number of nitrogens with one attached hydrogen (secondary N) is 1. The van der Waals surface area contributed by atoms with Gasteiger partial charge in [-0.3, -0.25) is 14.4 Å². The van der Waals surface area contributed by atoms with Crippen LogP contribution in [0.5, 0.6) is 0 Å². The summed E-state index contributed by atoms with van der Waals surface area (Å²) in [4.78, 5) is 37.2. The molecule has 1 amide bonds. The standard InChI is InChI=1S/C19H15Cl2NO3/c20-14-7-6-13(10-15(14)21)22-19(25)18-16(23)8-12(9-17(18)24)11-4-2-1-3-5-11/h1-7,10,12,18H,8-9H2,(H,22,25). The van der Waals surface area contributed by atoms with Crippen molar-refractivity contribution in [2.24, 2.45) is 5.92 Å². The van der Waals surface area contributed by atoms with Gasteiger partial charge in [0.05, 0.1) is 10.0 Å². The molecule has 4 nitrogen and oxygen atoms in total. The zero-order chi connectivity index (χ0) is 18.0. The van der Waals surface area contributed by atoms with Crippen molar-refractivity contribution >= 4 is 46.4 Å². The van der Waals surface area contributed by atoms with Crippen LogP contribution in [0.2, 0.25) is 10.0 Å². The first-order valence-electron chi connectivity index (χ1n) is 7.82. The van der Waals surface area contributed by atoms with Gasteiger partial charge in [-0.15, -0.1) is 0 Å². The molecule has 25 heavy (non-hydrogen) atoms. The van der Waals surface area contributed by atoms with E-state index in [9.17, 15) is 14.4 Å². The van der Waals surface area contributed by atoms with Gasteiger partial charge in [-0.1, -0.05) is 53.5 Å². The number of carbonyl (C=O) groups is 3. The molecule has 0 heterocycles. The number of rotatable bonds is 3. The third kappa shape index (κ3) is 3.91. The molecule has 0 aromatic heterocycles. The zero-order valence-electron chi connectivity index (χ0n) is 13.2. The molecule has 0 unspecified atom stereocenters. The quantitative estimate of drug-likeness (QED) is 0.814. The lowest BCUT2D eigenvalue weighted by molar-refractivity contribution is -0.141. The summed E-state index contributed by atoms with van der Waals surface area (Å²) in [5.41, 5.74) is 1.33. The molecule has 1 N–H and O–H groups in total. The molecule has 1 aliphatic rings. The number of Topliss-reactive ketones (excluding diaryl/α,β-unsaturated/α-hetero) is 2. The molecule has 0 bridgehead atoms. The van der Waals surface area contributed by atoms with Crippen LogP contribution in [0, 0.1) is 5.92 Å².